The first-order valence-electron chi connectivity index (χ1n) is 6.28. The van der Waals surface area contributed by atoms with Gasteiger partial charge >= 0.3 is 0 Å². The van der Waals surface area contributed by atoms with Crippen molar-refractivity contribution in [1.82, 2.24) is 4.98 Å². The van der Waals surface area contributed by atoms with Gasteiger partial charge in [0, 0.05) is 12.2 Å². The van der Waals surface area contributed by atoms with E-state index in [1.165, 1.54) is 7.11 Å². The van der Waals surface area contributed by atoms with Crippen LogP contribution < -0.4 is 14.8 Å². The largest absolute Gasteiger partial charge is 0.504 e. The van der Waals surface area contributed by atoms with Crippen molar-refractivity contribution in [3.05, 3.63) is 42.1 Å². The normalized spacial score (nSPS) is 11.8. The Labute approximate surface area is 118 Å². The molecule has 1 heterocycles. The molecular weight excluding hydrogens is 256 g/mol. The van der Waals surface area contributed by atoms with Crippen molar-refractivity contribution < 1.29 is 14.6 Å². The van der Waals surface area contributed by atoms with Gasteiger partial charge in [0.1, 0.15) is 0 Å². The van der Waals surface area contributed by atoms with Gasteiger partial charge in [-0.05, 0) is 36.8 Å². The van der Waals surface area contributed by atoms with Crippen LogP contribution in [0, 0.1) is 0 Å². The van der Waals surface area contributed by atoms with Crippen molar-refractivity contribution in [3.63, 3.8) is 0 Å². The summed E-state index contributed by atoms with van der Waals surface area (Å²) in [4.78, 5) is 4.14. The second-order valence-corrected chi connectivity index (χ2v) is 4.36. The Hall–Kier alpha value is -2.43. The summed E-state index contributed by atoms with van der Waals surface area (Å²) in [6.45, 7) is 2.01. The highest BCUT2D eigenvalue weighted by Gasteiger charge is 2.11. The van der Waals surface area contributed by atoms with Crippen LogP contribution in [0.4, 0.5) is 5.69 Å². The predicted molar refractivity (Wildman–Crippen MR) is 77.5 cm³/mol. The van der Waals surface area contributed by atoms with Gasteiger partial charge in [0.05, 0.1) is 19.9 Å². The summed E-state index contributed by atoms with van der Waals surface area (Å²) in [7, 11) is 3.11. The minimum atomic E-state index is 0.0163. The number of phenolic OH excluding ortho intramolecular Hbond substituents is 1. The molecule has 2 rings (SSSR count). The number of ether oxygens (including phenoxy) is 2. The number of rotatable bonds is 5. The molecule has 2 aromatic rings. The highest BCUT2D eigenvalue weighted by Crippen LogP contribution is 2.31. The van der Waals surface area contributed by atoms with E-state index >= 15 is 0 Å². The van der Waals surface area contributed by atoms with Crippen molar-refractivity contribution in [2.75, 3.05) is 19.5 Å². The number of methoxy groups -OCH3 is 2. The third-order valence-corrected chi connectivity index (χ3v) is 3.04. The topological polar surface area (TPSA) is 63.6 Å². The lowest BCUT2D eigenvalue weighted by molar-refractivity contribution is 0.372. The van der Waals surface area contributed by atoms with Crippen LogP contribution in [0.1, 0.15) is 18.5 Å². The average Bonchev–Trinajstić information content (AvgIpc) is 2.48. The molecular formula is C15H18N2O3. The van der Waals surface area contributed by atoms with E-state index in [1.54, 1.807) is 25.4 Å². The second-order valence-electron chi connectivity index (χ2n) is 4.36. The molecule has 0 aliphatic carbocycles. The Morgan fingerprint density at radius 3 is 2.70 bits per heavy atom. The van der Waals surface area contributed by atoms with E-state index in [2.05, 4.69) is 10.3 Å². The van der Waals surface area contributed by atoms with Crippen molar-refractivity contribution in [2.45, 2.75) is 13.0 Å². The first kappa shape index (κ1) is 14.0. The minimum Gasteiger partial charge on any atom is -0.504 e. The van der Waals surface area contributed by atoms with Crippen LogP contribution >= 0.6 is 0 Å². The summed E-state index contributed by atoms with van der Waals surface area (Å²) in [5.41, 5.74) is 1.81. The summed E-state index contributed by atoms with van der Waals surface area (Å²) in [5, 5.41) is 12.9. The van der Waals surface area contributed by atoms with Crippen molar-refractivity contribution >= 4 is 5.69 Å². The first-order chi connectivity index (χ1) is 9.65. The SMILES string of the molecule is COc1cc(C(C)Nc2cccnc2OC)ccc1O. The van der Waals surface area contributed by atoms with Crippen LogP contribution in [-0.4, -0.2) is 24.3 Å². The number of hydrogen-bond acceptors (Lipinski definition) is 5. The second kappa shape index (κ2) is 6.14. The van der Waals surface area contributed by atoms with Gasteiger partial charge in [-0.3, -0.25) is 0 Å². The van der Waals surface area contributed by atoms with Crippen molar-refractivity contribution in [1.29, 1.82) is 0 Å². The molecule has 0 aliphatic heterocycles. The van der Waals surface area contributed by atoms with Crippen LogP contribution in [0.25, 0.3) is 0 Å². The number of phenols is 1. The van der Waals surface area contributed by atoms with Gasteiger partial charge in [-0.25, -0.2) is 4.98 Å². The lowest BCUT2D eigenvalue weighted by Crippen LogP contribution is -2.08. The molecule has 0 saturated heterocycles. The van der Waals surface area contributed by atoms with E-state index in [-0.39, 0.29) is 11.8 Å². The summed E-state index contributed by atoms with van der Waals surface area (Å²) >= 11 is 0. The van der Waals surface area contributed by atoms with Gasteiger partial charge in [-0.1, -0.05) is 6.07 Å². The fourth-order valence-corrected chi connectivity index (χ4v) is 1.94. The molecule has 0 radical (unpaired) electrons. The maximum atomic E-state index is 9.61. The van der Waals surface area contributed by atoms with E-state index in [0.717, 1.165) is 11.3 Å². The average molecular weight is 274 g/mol. The number of aromatic hydroxyl groups is 1. The maximum Gasteiger partial charge on any atom is 0.237 e. The maximum absolute atomic E-state index is 9.61. The van der Waals surface area contributed by atoms with E-state index in [0.29, 0.717) is 11.6 Å². The number of anilines is 1. The van der Waals surface area contributed by atoms with Gasteiger partial charge in [0.25, 0.3) is 0 Å². The summed E-state index contributed by atoms with van der Waals surface area (Å²) < 4.78 is 10.3. The standard InChI is InChI=1S/C15H18N2O3/c1-10(11-6-7-13(18)14(9-11)19-2)17-12-5-4-8-16-15(12)20-3/h4-10,17-18H,1-3H3. The van der Waals surface area contributed by atoms with Crippen molar-refractivity contribution in [2.24, 2.45) is 0 Å². The molecule has 20 heavy (non-hydrogen) atoms. The molecule has 0 saturated carbocycles. The molecule has 0 bridgehead atoms. The molecule has 1 aromatic heterocycles. The van der Waals surface area contributed by atoms with E-state index in [4.69, 9.17) is 9.47 Å². The molecule has 1 aromatic carbocycles. The van der Waals surface area contributed by atoms with Gasteiger partial charge < -0.3 is 19.9 Å². The highest BCUT2D eigenvalue weighted by atomic mass is 16.5. The quantitative estimate of drug-likeness (QED) is 0.877. The van der Waals surface area contributed by atoms with Gasteiger partial charge in [0.2, 0.25) is 5.88 Å². The number of benzene rings is 1. The monoisotopic (exact) mass is 274 g/mol. The number of nitrogens with one attached hydrogen (secondary N) is 1. The number of nitrogens with zero attached hydrogens (tertiary/aromatic N) is 1. The van der Waals surface area contributed by atoms with Crippen LogP contribution in [0.15, 0.2) is 36.5 Å². The van der Waals surface area contributed by atoms with Crippen LogP contribution in [0.2, 0.25) is 0 Å². The van der Waals surface area contributed by atoms with Gasteiger partial charge in [0.15, 0.2) is 11.5 Å². The highest BCUT2D eigenvalue weighted by molar-refractivity contribution is 5.54. The lowest BCUT2D eigenvalue weighted by Gasteiger charge is -2.18. The lowest BCUT2D eigenvalue weighted by atomic mass is 10.1. The number of aromatic nitrogens is 1. The molecule has 1 unspecified atom stereocenters. The fraction of sp³-hybridized carbons (Fsp3) is 0.267. The fourth-order valence-electron chi connectivity index (χ4n) is 1.94. The van der Waals surface area contributed by atoms with Gasteiger partial charge in [-0.2, -0.15) is 0 Å². The van der Waals surface area contributed by atoms with Crippen LogP contribution in [0.5, 0.6) is 17.4 Å². The third-order valence-electron chi connectivity index (χ3n) is 3.04. The molecule has 0 fully saturated rings. The van der Waals surface area contributed by atoms with Crippen molar-refractivity contribution in [3.8, 4) is 17.4 Å². The third kappa shape index (κ3) is 2.93. The molecule has 5 heteroatoms. The van der Waals surface area contributed by atoms with Crippen LogP contribution in [0.3, 0.4) is 0 Å². The Morgan fingerprint density at radius 2 is 2.00 bits per heavy atom. The molecule has 0 aliphatic rings. The summed E-state index contributed by atoms with van der Waals surface area (Å²) in [6, 6.07) is 9.03. The molecule has 5 nitrogen and oxygen atoms in total. The molecule has 0 spiro atoms. The van der Waals surface area contributed by atoms with Gasteiger partial charge in [-0.15, -0.1) is 0 Å². The zero-order valence-electron chi connectivity index (χ0n) is 11.8. The molecule has 106 valence electrons. The van der Waals surface area contributed by atoms with E-state index in [9.17, 15) is 5.11 Å². The number of hydrogen-bond donors (Lipinski definition) is 2. The molecule has 1 atom stereocenters. The Balaban J connectivity index is 2.21. The zero-order valence-corrected chi connectivity index (χ0v) is 11.8. The molecule has 0 amide bonds. The van der Waals surface area contributed by atoms with E-state index in [1.807, 2.05) is 25.1 Å². The molecule has 2 N–H and O–H groups in total. The number of pyridine rings is 1. The minimum absolute atomic E-state index is 0.0163. The Bertz CT molecular complexity index is 587. The summed E-state index contributed by atoms with van der Waals surface area (Å²) in [6.07, 6.45) is 1.68. The van der Waals surface area contributed by atoms with Crippen LogP contribution in [-0.2, 0) is 0 Å². The van der Waals surface area contributed by atoms with E-state index < -0.39 is 0 Å². The Kier molecular flexibility index (Phi) is 4.30. The summed E-state index contributed by atoms with van der Waals surface area (Å²) in [5.74, 6) is 1.13. The smallest absolute Gasteiger partial charge is 0.237 e. The predicted octanol–water partition coefficient (Wildman–Crippen LogP) is 2.98. The first-order valence-corrected chi connectivity index (χ1v) is 6.28. The zero-order chi connectivity index (χ0) is 14.5. The Morgan fingerprint density at radius 1 is 1.20 bits per heavy atom.